The highest BCUT2D eigenvalue weighted by Gasteiger charge is 2.15. The lowest BCUT2D eigenvalue weighted by Gasteiger charge is -2.10. The van der Waals surface area contributed by atoms with Crippen molar-refractivity contribution in [1.82, 2.24) is 4.98 Å². The number of nitrogens with one attached hydrogen (secondary N) is 3. The van der Waals surface area contributed by atoms with Crippen molar-refractivity contribution < 1.29 is 21.6 Å². The fraction of sp³-hybridized carbons (Fsp3) is 0.0526. The molecule has 30 heavy (non-hydrogen) atoms. The maximum Gasteiger partial charge on any atom is 0.263 e. The van der Waals surface area contributed by atoms with Gasteiger partial charge in [-0.05, 0) is 54.6 Å². The van der Waals surface area contributed by atoms with Crippen LogP contribution >= 0.6 is 0 Å². The molecule has 1 aromatic heterocycles. The highest BCUT2D eigenvalue weighted by atomic mass is 32.2. The van der Waals surface area contributed by atoms with E-state index < -0.39 is 26.0 Å². The summed E-state index contributed by atoms with van der Waals surface area (Å²) >= 11 is 0. The van der Waals surface area contributed by atoms with E-state index in [4.69, 9.17) is 0 Å². The molecule has 0 fully saturated rings. The molecule has 2 aromatic carbocycles. The third kappa shape index (κ3) is 5.78. The molecule has 3 rings (SSSR count). The van der Waals surface area contributed by atoms with E-state index in [9.17, 15) is 21.6 Å². The molecule has 1 heterocycles. The van der Waals surface area contributed by atoms with E-state index in [0.29, 0.717) is 5.69 Å². The van der Waals surface area contributed by atoms with Gasteiger partial charge in [0, 0.05) is 23.1 Å². The number of pyridine rings is 1. The van der Waals surface area contributed by atoms with Crippen LogP contribution in [-0.4, -0.2) is 34.0 Å². The quantitative estimate of drug-likeness (QED) is 0.510. The van der Waals surface area contributed by atoms with Gasteiger partial charge < -0.3 is 5.32 Å². The molecule has 0 unspecified atom stereocenters. The van der Waals surface area contributed by atoms with Crippen LogP contribution in [0.5, 0.6) is 0 Å². The number of carbonyl (C=O) groups excluding carboxylic acids is 1. The van der Waals surface area contributed by atoms with Gasteiger partial charge in [0.1, 0.15) is 5.82 Å². The molecular formula is C19H18N4O5S2. The molecule has 0 bridgehead atoms. The topological polar surface area (TPSA) is 134 Å². The molecule has 0 aliphatic carbocycles. The minimum absolute atomic E-state index is 0.00509. The van der Waals surface area contributed by atoms with Crippen molar-refractivity contribution in [3.8, 4) is 0 Å². The Labute approximate surface area is 174 Å². The van der Waals surface area contributed by atoms with E-state index in [1.807, 2.05) is 0 Å². The summed E-state index contributed by atoms with van der Waals surface area (Å²) in [6.45, 7) is 0. The maximum absolute atomic E-state index is 12.4. The van der Waals surface area contributed by atoms with Gasteiger partial charge in [-0.15, -0.1) is 0 Å². The van der Waals surface area contributed by atoms with Gasteiger partial charge in [0.15, 0.2) is 0 Å². The standard InChI is InChI=1S/C19H18N4O5S2/c1-29(25,26)22-16-6-4-5-14(13-16)19(24)21-15-8-10-17(11-9-15)30(27,28)23-18-7-2-3-12-20-18/h2-13,22H,1H3,(H,20,23)(H,21,24). The van der Waals surface area contributed by atoms with Crippen LogP contribution in [0.1, 0.15) is 10.4 Å². The van der Waals surface area contributed by atoms with Crippen LogP contribution in [0, 0.1) is 0 Å². The van der Waals surface area contributed by atoms with E-state index in [1.54, 1.807) is 18.2 Å². The van der Waals surface area contributed by atoms with Gasteiger partial charge in [-0.25, -0.2) is 21.8 Å². The van der Waals surface area contributed by atoms with Crippen LogP contribution in [0.3, 0.4) is 0 Å². The fourth-order valence-electron chi connectivity index (χ4n) is 2.48. The average molecular weight is 447 g/mol. The van der Waals surface area contributed by atoms with E-state index in [0.717, 1.165) is 6.26 Å². The Bertz CT molecular complexity index is 1260. The predicted octanol–water partition coefficient (Wildman–Crippen LogP) is 2.51. The molecule has 0 spiro atoms. The van der Waals surface area contributed by atoms with Gasteiger partial charge in [-0.2, -0.15) is 0 Å². The van der Waals surface area contributed by atoms with Crippen molar-refractivity contribution in [3.63, 3.8) is 0 Å². The Balaban J connectivity index is 1.71. The first-order valence-electron chi connectivity index (χ1n) is 8.55. The van der Waals surface area contributed by atoms with Crippen molar-refractivity contribution in [2.45, 2.75) is 4.90 Å². The number of rotatable bonds is 7. The number of sulfonamides is 2. The minimum Gasteiger partial charge on any atom is -0.322 e. The van der Waals surface area contributed by atoms with Gasteiger partial charge in [0.25, 0.3) is 15.9 Å². The van der Waals surface area contributed by atoms with Crippen LogP contribution in [0.4, 0.5) is 17.2 Å². The summed E-state index contributed by atoms with van der Waals surface area (Å²) in [7, 11) is -7.29. The smallest absolute Gasteiger partial charge is 0.263 e. The Morgan fingerprint density at radius 3 is 2.20 bits per heavy atom. The molecule has 3 aromatic rings. The SMILES string of the molecule is CS(=O)(=O)Nc1cccc(C(=O)Nc2ccc(S(=O)(=O)Nc3ccccn3)cc2)c1. The van der Waals surface area contributed by atoms with Crippen molar-refractivity contribution in [2.75, 3.05) is 21.0 Å². The molecule has 0 aliphatic rings. The van der Waals surface area contributed by atoms with Crippen molar-refractivity contribution in [3.05, 3.63) is 78.5 Å². The monoisotopic (exact) mass is 446 g/mol. The van der Waals surface area contributed by atoms with Crippen molar-refractivity contribution in [2.24, 2.45) is 0 Å². The summed E-state index contributed by atoms with van der Waals surface area (Å²) in [5, 5.41) is 2.63. The summed E-state index contributed by atoms with van der Waals surface area (Å²) in [6, 6.07) is 16.4. The second kappa shape index (κ2) is 8.51. The molecule has 156 valence electrons. The zero-order valence-corrected chi connectivity index (χ0v) is 17.4. The van der Waals surface area contributed by atoms with Crippen molar-refractivity contribution >= 4 is 43.1 Å². The van der Waals surface area contributed by atoms with Gasteiger partial charge in [0.05, 0.1) is 11.2 Å². The van der Waals surface area contributed by atoms with E-state index >= 15 is 0 Å². The largest absolute Gasteiger partial charge is 0.322 e. The van der Waals surface area contributed by atoms with Crippen LogP contribution in [0.2, 0.25) is 0 Å². The average Bonchev–Trinajstić information content (AvgIpc) is 2.68. The number of anilines is 3. The first kappa shape index (κ1) is 21.3. The molecule has 0 saturated heterocycles. The lowest BCUT2D eigenvalue weighted by atomic mass is 10.2. The van der Waals surface area contributed by atoms with Gasteiger partial charge in [0.2, 0.25) is 10.0 Å². The molecule has 0 saturated carbocycles. The summed E-state index contributed by atoms with van der Waals surface area (Å²) in [5.41, 5.74) is 0.864. The van der Waals surface area contributed by atoms with E-state index in [-0.39, 0.29) is 22.0 Å². The fourth-order valence-corrected chi connectivity index (χ4v) is 4.04. The number of amides is 1. The minimum atomic E-state index is -3.82. The number of nitrogens with zero attached hydrogens (tertiary/aromatic N) is 1. The van der Waals surface area contributed by atoms with E-state index in [2.05, 4.69) is 19.7 Å². The lowest BCUT2D eigenvalue weighted by Crippen LogP contribution is -2.15. The Morgan fingerprint density at radius 2 is 1.57 bits per heavy atom. The number of hydrogen-bond acceptors (Lipinski definition) is 6. The summed E-state index contributed by atoms with van der Waals surface area (Å²) < 4.78 is 52.2. The van der Waals surface area contributed by atoms with E-state index in [1.165, 1.54) is 54.7 Å². The highest BCUT2D eigenvalue weighted by Crippen LogP contribution is 2.18. The molecule has 0 aliphatic heterocycles. The Morgan fingerprint density at radius 1 is 0.833 bits per heavy atom. The molecular weight excluding hydrogens is 428 g/mol. The first-order valence-corrected chi connectivity index (χ1v) is 11.9. The summed E-state index contributed by atoms with van der Waals surface area (Å²) in [6.07, 6.45) is 2.48. The van der Waals surface area contributed by atoms with Crippen LogP contribution in [0.25, 0.3) is 0 Å². The number of aromatic nitrogens is 1. The summed E-state index contributed by atoms with van der Waals surface area (Å²) in [5.74, 6) is -0.285. The highest BCUT2D eigenvalue weighted by molar-refractivity contribution is 7.92. The third-order valence-electron chi connectivity index (χ3n) is 3.75. The molecule has 11 heteroatoms. The molecule has 0 radical (unpaired) electrons. The zero-order chi connectivity index (χ0) is 21.8. The molecule has 3 N–H and O–H groups in total. The van der Waals surface area contributed by atoms with Gasteiger partial charge >= 0.3 is 0 Å². The third-order valence-corrected chi connectivity index (χ3v) is 5.73. The predicted molar refractivity (Wildman–Crippen MR) is 114 cm³/mol. The van der Waals surface area contributed by atoms with Gasteiger partial charge in [-0.3, -0.25) is 14.2 Å². The molecule has 9 nitrogen and oxygen atoms in total. The number of hydrogen-bond donors (Lipinski definition) is 3. The molecule has 1 amide bonds. The summed E-state index contributed by atoms with van der Waals surface area (Å²) in [4.78, 5) is 16.4. The van der Waals surface area contributed by atoms with Crippen LogP contribution in [-0.2, 0) is 20.0 Å². The van der Waals surface area contributed by atoms with Crippen molar-refractivity contribution in [1.29, 1.82) is 0 Å². The zero-order valence-electron chi connectivity index (χ0n) is 15.7. The number of benzene rings is 2. The molecule has 0 atom stereocenters. The van der Waals surface area contributed by atoms with Crippen LogP contribution < -0.4 is 14.8 Å². The second-order valence-electron chi connectivity index (χ2n) is 6.25. The van der Waals surface area contributed by atoms with Crippen LogP contribution in [0.15, 0.2) is 77.8 Å². The second-order valence-corrected chi connectivity index (χ2v) is 9.68. The Kier molecular flexibility index (Phi) is 6.04. The maximum atomic E-state index is 12.4. The lowest BCUT2D eigenvalue weighted by molar-refractivity contribution is 0.102. The normalized spacial score (nSPS) is 11.5. The number of carbonyl (C=O) groups is 1. The Hall–Kier alpha value is -3.44. The van der Waals surface area contributed by atoms with Gasteiger partial charge in [-0.1, -0.05) is 12.1 Å². The first-order chi connectivity index (χ1) is 14.1.